The van der Waals surface area contributed by atoms with Gasteiger partial charge >= 0.3 is 0 Å². The summed E-state index contributed by atoms with van der Waals surface area (Å²) in [5.74, 6) is 1.29. The Hall–Kier alpha value is -1.64. The van der Waals surface area contributed by atoms with Gasteiger partial charge in [-0.15, -0.1) is 0 Å². The Morgan fingerprint density at radius 1 is 1.35 bits per heavy atom. The van der Waals surface area contributed by atoms with E-state index in [2.05, 4.69) is 51.2 Å². The van der Waals surface area contributed by atoms with Gasteiger partial charge in [-0.2, -0.15) is 0 Å². The molecule has 4 atom stereocenters. The minimum atomic E-state index is -0.219. The first-order valence-electron chi connectivity index (χ1n) is 10.2. The Kier molecular flexibility index (Phi) is 4.05. The molecule has 26 heavy (non-hydrogen) atoms. The zero-order chi connectivity index (χ0) is 18.7. The fraction of sp³-hybridized carbons (Fsp3) is 0.652. The summed E-state index contributed by atoms with van der Waals surface area (Å²) in [6, 6.07) is 6.45. The summed E-state index contributed by atoms with van der Waals surface area (Å²) in [7, 11) is 0. The molecule has 4 rings (SSSR count). The summed E-state index contributed by atoms with van der Waals surface area (Å²) in [5.41, 5.74) is 3.35. The van der Waals surface area contributed by atoms with Crippen LogP contribution in [0.5, 0.6) is 0 Å². The van der Waals surface area contributed by atoms with Crippen molar-refractivity contribution in [1.82, 2.24) is 5.32 Å². The van der Waals surface area contributed by atoms with Crippen LogP contribution in [0.3, 0.4) is 0 Å². The van der Waals surface area contributed by atoms with Gasteiger partial charge < -0.3 is 5.32 Å². The molecule has 0 radical (unpaired) electrons. The van der Waals surface area contributed by atoms with Gasteiger partial charge in [0.15, 0.2) is 0 Å². The first kappa shape index (κ1) is 17.8. The molecule has 0 aliphatic heterocycles. The van der Waals surface area contributed by atoms with Gasteiger partial charge in [0.1, 0.15) is 5.78 Å². The van der Waals surface area contributed by atoms with Crippen LogP contribution in [0.4, 0.5) is 0 Å². The maximum atomic E-state index is 13.4. The lowest BCUT2D eigenvalue weighted by molar-refractivity contribution is -0.126. The van der Waals surface area contributed by atoms with E-state index in [0.29, 0.717) is 24.0 Å². The van der Waals surface area contributed by atoms with E-state index in [-0.39, 0.29) is 22.7 Å². The van der Waals surface area contributed by atoms with Crippen molar-refractivity contribution in [2.75, 3.05) is 6.54 Å². The summed E-state index contributed by atoms with van der Waals surface area (Å²) < 4.78 is 0. The Morgan fingerprint density at radius 3 is 2.85 bits per heavy atom. The Balaban J connectivity index is 1.75. The predicted molar refractivity (Wildman–Crippen MR) is 103 cm³/mol. The van der Waals surface area contributed by atoms with Crippen molar-refractivity contribution >= 4 is 11.7 Å². The Morgan fingerprint density at radius 2 is 2.12 bits per heavy atom. The monoisotopic (exact) mass is 353 g/mol. The first-order chi connectivity index (χ1) is 12.3. The van der Waals surface area contributed by atoms with Crippen molar-refractivity contribution in [3.8, 4) is 0 Å². The number of aryl methyl sites for hydroxylation is 1. The highest BCUT2D eigenvalue weighted by atomic mass is 16.2. The number of nitrogens with one attached hydrogen (secondary N) is 1. The van der Waals surface area contributed by atoms with Crippen molar-refractivity contribution in [2.45, 2.75) is 71.6 Å². The third kappa shape index (κ3) is 2.39. The van der Waals surface area contributed by atoms with Gasteiger partial charge in [-0.05, 0) is 61.1 Å². The van der Waals surface area contributed by atoms with Crippen LogP contribution in [-0.4, -0.2) is 18.2 Å². The van der Waals surface area contributed by atoms with Gasteiger partial charge in [0.05, 0.1) is 5.92 Å². The fourth-order valence-electron chi connectivity index (χ4n) is 6.16. The molecule has 1 aromatic carbocycles. The molecule has 3 aliphatic carbocycles. The van der Waals surface area contributed by atoms with Gasteiger partial charge in [0.2, 0.25) is 5.91 Å². The molecule has 1 aromatic rings. The van der Waals surface area contributed by atoms with Crippen molar-refractivity contribution < 1.29 is 9.59 Å². The Labute approximate surface area is 156 Å². The summed E-state index contributed by atoms with van der Waals surface area (Å²) >= 11 is 0. The quantitative estimate of drug-likeness (QED) is 0.867. The van der Waals surface area contributed by atoms with Crippen molar-refractivity contribution in [1.29, 1.82) is 0 Å². The molecule has 0 aromatic heterocycles. The number of hydrogen-bond acceptors (Lipinski definition) is 2. The maximum absolute atomic E-state index is 13.4. The average molecular weight is 354 g/mol. The van der Waals surface area contributed by atoms with E-state index in [1.165, 1.54) is 16.7 Å². The molecule has 3 heteroatoms. The molecule has 3 nitrogen and oxygen atoms in total. The van der Waals surface area contributed by atoms with E-state index < -0.39 is 0 Å². The molecule has 2 fully saturated rings. The lowest BCUT2D eigenvalue weighted by Crippen LogP contribution is -2.41. The number of benzene rings is 1. The molecule has 1 spiro atoms. The number of carbonyl (C=O) groups excluding carboxylic acids is 2. The molecule has 0 unspecified atom stereocenters. The lowest BCUT2D eigenvalue weighted by Gasteiger charge is -2.42. The molecule has 1 N–H and O–H groups in total. The van der Waals surface area contributed by atoms with Crippen LogP contribution in [0.2, 0.25) is 0 Å². The van der Waals surface area contributed by atoms with Crippen LogP contribution >= 0.6 is 0 Å². The van der Waals surface area contributed by atoms with E-state index in [4.69, 9.17) is 0 Å². The normalized spacial score (nSPS) is 34.7. The average Bonchev–Trinajstić information content (AvgIpc) is 2.95. The fourth-order valence-corrected chi connectivity index (χ4v) is 6.16. The van der Waals surface area contributed by atoms with Crippen LogP contribution < -0.4 is 5.32 Å². The number of rotatable bonds is 4. The van der Waals surface area contributed by atoms with Gasteiger partial charge in [0, 0.05) is 23.8 Å². The minimum Gasteiger partial charge on any atom is -0.356 e. The van der Waals surface area contributed by atoms with E-state index >= 15 is 0 Å². The second-order valence-corrected chi connectivity index (χ2v) is 9.65. The smallest absolute Gasteiger partial charge is 0.228 e. The van der Waals surface area contributed by atoms with E-state index in [0.717, 1.165) is 32.2 Å². The standard InChI is InChI=1S/C23H31NO2/c1-14(2)9-11-24-21(26)20-19-15(3)6-5-7-16(19)17-8-10-22(4)13-23(17,20)12-18(22)25/h5-7,14,17,20H,8-13H2,1-4H3,(H,24,26)/t17-,20-,22+,23-/m1/s1. The summed E-state index contributed by atoms with van der Waals surface area (Å²) in [5, 5.41) is 3.21. The van der Waals surface area contributed by atoms with Crippen LogP contribution in [0.15, 0.2) is 18.2 Å². The Bertz CT molecular complexity index is 767. The number of carbonyl (C=O) groups is 2. The van der Waals surface area contributed by atoms with E-state index in [9.17, 15) is 9.59 Å². The third-order valence-corrected chi connectivity index (χ3v) is 7.44. The van der Waals surface area contributed by atoms with Crippen molar-refractivity contribution in [3.05, 3.63) is 34.9 Å². The van der Waals surface area contributed by atoms with Gasteiger partial charge in [-0.25, -0.2) is 0 Å². The highest BCUT2D eigenvalue weighted by Crippen LogP contribution is 2.71. The van der Waals surface area contributed by atoms with Crippen molar-refractivity contribution in [2.24, 2.45) is 16.7 Å². The largest absolute Gasteiger partial charge is 0.356 e. The SMILES string of the molecule is Cc1cccc2c1[C@H](C(=O)NCCC(C)C)[C@@]13CC(=O)[C@@](C)(CC[C@H]21)C3. The van der Waals surface area contributed by atoms with Crippen LogP contribution in [-0.2, 0) is 9.59 Å². The van der Waals surface area contributed by atoms with Gasteiger partial charge in [-0.1, -0.05) is 39.0 Å². The van der Waals surface area contributed by atoms with Crippen LogP contribution in [0, 0.1) is 23.7 Å². The number of fused-ring (bicyclic) bond motifs is 3. The second kappa shape index (κ2) is 5.94. The molecule has 3 aliphatic rings. The summed E-state index contributed by atoms with van der Waals surface area (Å²) in [6.45, 7) is 9.33. The minimum absolute atomic E-state index is 0.141. The molecule has 0 saturated heterocycles. The summed E-state index contributed by atoms with van der Waals surface area (Å²) in [6.07, 6.45) is 4.44. The summed E-state index contributed by atoms with van der Waals surface area (Å²) in [4.78, 5) is 26.3. The van der Waals surface area contributed by atoms with E-state index in [1.54, 1.807) is 0 Å². The molecule has 140 valence electrons. The topological polar surface area (TPSA) is 46.2 Å². The molecule has 2 bridgehead atoms. The lowest BCUT2D eigenvalue weighted by atomic mass is 9.60. The molecule has 0 heterocycles. The molecular formula is C23H31NO2. The predicted octanol–water partition coefficient (Wildman–Crippen LogP) is 4.49. The molecule has 2 saturated carbocycles. The number of ketones is 1. The van der Waals surface area contributed by atoms with Gasteiger partial charge in [-0.3, -0.25) is 9.59 Å². The number of hydrogen-bond donors (Lipinski definition) is 1. The molecular weight excluding hydrogens is 322 g/mol. The zero-order valence-corrected chi connectivity index (χ0v) is 16.5. The maximum Gasteiger partial charge on any atom is 0.228 e. The number of Topliss-reactive ketones (excluding diaryl/α,β-unsaturated/α-hetero) is 1. The number of amides is 1. The van der Waals surface area contributed by atoms with Crippen LogP contribution in [0.1, 0.15) is 81.4 Å². The highest BCUT2D eigenvalue weighted by Gasteiger charge is 2.66. The second-order valence-electron chi connectivity index (χ2n) is 9.65. The van der Waals surface area contributed by atoms with Gasteiger partial charge in [0.25, 0.3) is 0 Å². The van der Waals surface area contributed by atoms with E-state index in [1.807, 2.05) is 0 Å². The molecule has 1 amide bonds. The highest BCUT2D eigenvalue weighted by molar-refractivity contribution is 5.94. The van der Waals surface area contributed by atoms with Crippen LogP contribution in [0.25, 0.3) is 0 Å². The zero-order valence-electron chi connectivity index (χ0n) is 16.5. The third-order valence-electron chi connectivity index (χ3n) is 7.44. The first-order valence-corrected chi connectivity index (χ1v) is 10.2. The van der Waals surface area contributed by atoms with Crippen molar-refractivity contribution in [3.63, 3.8) is 0 Å².